The van der Waals surface area contributed by atoms with Crippen molar-refractivity contribution in [2.45, 2.75) is 12.5 Å². The second-order valence-corrected chi connectivity index (χ2v) is 6.46. The smallest absolute Gasteiger partial charge is 0.0361 e. The van der Waals surface area contributed by atoms with E-state index in [1.54, 1.807) is 11.3 Å². The Bertz CT molecular complexity index is 728. The Hall–Kier alpha value is -1.84. The highest BCUT2D eigenvalue weighted by Gasteiger charge is 2.11. The molecule has 2 N–H and O–H groups in total. The van der Waals surface area contributed by atoms with Crippen LogP contribution < -0.4 is 10.6 Å². The number of nitrogens with zero attached hydrogens (tertiary/aromatic N) is 1. The standard InChI is InChI=1S/C18H20N2S/c1-20(2)15-9-7-13(8-10-15)17(19)11-14-12-21-18-6-4-3-5-16(14)18/h3-10,12,17H,11,19H2,1-2H3. The predicted octanol–water partition coefficient (Wildman–Crippen LogP) is 4.21. The highest BCUT2D eigenvalue weighted by Crippen LogP contribution is 2.29. The van der Waals surface area contributed by atoms with Crippen LogP contribution in [0, 0.1) is 0 Å². The minimum absolute atomic E-state index is 0.0409. The highest BCUT2D eigenvalue weighted by atomic mass is 32.1. The lowest BCUT2D eigenvalue weighted by Gasteiger charge is -2.15. The average molecular weight is 296 g/mol. The number of benzene rings is 2. The third-order valence-electron chi connectivity index (χ3n) is 3.84. The van der Waals surface area contributed by atoms with Crippen molar-refractivity contribution in [3.05, 3.63) is 65.0 Å². The summed E-state index contributed by atoms with van der Waals surface area (Å²) < 4.78 is 1.34. The molecule has 1 atom stereocenters. The van der Waals surface area contributed by atoms with Crippen molar-refractivity contribution < 1.29 is 0 Å². The molecule has 3 heteroatoms. The summed E-state index contributed by atoms with van der Waals surface area (Å²) in [7, 11) is 4.10. The molecule has 0 saturated heterocycles. The van der Waals surface area contributed by atoms with Crippen molar-refractivity contribution in [3.63, 3.8) is 0 Å². The fourth-order valence-corrected chi connectivity index (χ4v) is 3.54. The van der Waals surface area contributed by atoms with E-state index in [-0.39, 0.29) is 6.04 Å². The molecule has 3 rings (SSSR count). The average Bonchev–Trinajstić information content (AvgIpc) is 2.91. The van der Waals surface area contributed by atoms with Crippen molar-refractivity contribution in [2.24, 2.45) is 5.73 Å². The Morgan fingerprint density at radius 3 is 2.48 bits per heavy atom. The van der Waals surface area contributed by atoms with Gasteiger partial charge in [-0.3, -0.25) is 0 Å². The third kappa shape index (κ3) is 2.94. The molecule has 0 bridgehead atoms. The summed E-state index contributed by atoms with van der Waals surface area (Å²) >= 11 is 1.80. The molecule has 1 unspecified atom stereocenters. The summed E-state index contributed by atoms with van der Waals surface area (Å²) in [5, 5.41) is 3.57. The molecule has 2 nitrogen and oxygen atoms in total. The second kappa shape index (κ2) is 5.88. The Balaban J connectivity index is 1.81. The van der Waals surface area contributed by atoms with Crippen molar-refractivity contribution in [3.8, 4) is 0 Å². The topological polar surface area (TPSA) is 29.3 Å². The van der Waals surface area contributed by atoms with Gasteiger partial charge in [0.1, 0.15) is 0 Å². The van der Waals surface area contributed by atoms with Crippen LogP contribution in [0.25, 0.3) is 10.1 Å². The van der Waals surface area contributed by atoms with Gasteiger partial charge in [-0.1, -0.05) is 30.3 Å². The normalized spacial score (nSPS) is 12.5. The maximum absolute atomic E-state index is 6.39. The molecular formula is C18H20N2S. The first-order chi connectivity index (χ1) is 10.1. The molecule has 0 spiro atoms. The van der Waals surface area contributed by atoms with Gasteiger partial charge in [0.25, 0.3) is 0 Å². The van der Waals surface area contributed by atoms with E-state index < -0.39 is 0 Å². The van der Waals surface area contributed by atoms with Gasteiger partial charge < -0.3 is 10.6 Å². The first-order valence-corrected chi connectivity index (χ1v) is 8.01. The number of fused-ring (bicyclic) bond motifs is 1. The molecular weight excluding hydrogens is 276 g/mol. The molecule has 2 aromatic carbocycles. The fourth-order valence-electron chi connectivity index (χ4n) is 2.57. The van der Waals surface area contributed by atoms with Crippen LogP contribution in [0.5, 0.6) is 0 Å². The minimum atomic E-state index is 0.0409. The van der Waals surface area contributed by atoms with E-state index in [1.165, 1.54) is 26.9 Å². The zero-order chi connectivity index (χ0) is 14.8. The molecule has 0 aliphatic rings. The lowest BCUT2D eigenvalue weighted by Crippen LogP contribution is -2.14. The van der Waals surface area contributed by atoms with Gasteiger partial charge in [0.05, 0.1) is 0 Å². The van der Waals surface area contributed by atoms with Crippen LogP contribution in [-0.4, -0.2) is 14.1 Å². The summed E-state index contributed by atoms with van der Waals surface area (Å²) in [6.07, 6.45) is 0.880. The van der Waals surface area contributed by atoms with Gasteiger partial charge in [0.15, 0.2) is 0 Å². The Labute approximate surface area is 129 Å². The van der Waals surface area contributed by atoms with E-state index in [9.17, 15) is 0 Å². The Morgan fingerprint density at radius 1 is 1.05 bits per heavy atom. The van der Waals surface area contributed by atoms with E-state index in [0.717, 1.165) is 6.42 Å². The summed E-state index contributed by atoms with van der Waals surface area (Å²) in [4.78, 5) is 2.10. The van der Waals surface area contributed by atoms with Crippen LogP contribution >= 0.6 is 11.3 Å². The largest absolute Gasteiger partial charge is 0.378 e. The lowest BCUT2D eigenvalue weighted by atomic mass is 9.99. The molecule has 21 heavy (non-hydrogen) atoms. The van der Waals surface area contributed by atoms with E-state index in [2.05, 4.69) is 58.8 Å². The molecule has 0 aliphatic carbocycles. The molecule has 0 aliphatic heterocycles. The number of nitrogens with two attached hydrogens (primary N) is 1. The number of thiophene rings is 1. The number of hydrogen-bond acceptors (Lipinski definition) is 3. The van der Waals surface area contributed by atoms with E-state index in [4.69, 9.17) is 5.73 Å². The van der Waals surface area contributed by atoms with Crippen LogP contribution in [0.15, 0.2) is 53.9 Å². The quantitative estimate of drug-likeness (QED) is 0.781. The predicted molar refractivity (Wildman–Crippen MR) is 93.2 cm³/mol. The van der Waals surface area contributed by atoms with Gasteiger partial charge in [-0.2, -0.15) is 0 Å². The van der Waals surface area contributed by atoms with Gasteiger partial charge in [0, 0.05) is 30.5 Å². The monoisotopic (exact) mass is 296 g/mol. The summed E-state index contributed by atoms with van der Waals surface area (Å²) in [5.74, 6) is 0. The molecule has 1 aromatic heterocycles. The Morgan fingerprint density at radius 2 is 1.76 bits per heavy atom. The van der Waals surface area contributed by atoms with Gasteiger partial charge in [0.2, 0.25) is 0 Å². The molecule has 3 aromatic rings. The summed E-state index contributed by atoms with van der Waals surface area (Å²) in [6, 6.07) is 17.1. The first-order valence-electron chi connectivity index (χ1n) is 7.13. The van der Waals surface area contributed by atoms with Crippen LogP contribution in [0.1, 0.15) is 17.2 Å². The maximum Gasteiger partial charge on any atom is 0.0361 e. The second-order valence-electron chi connectivity index (χ2n) is 5.55. The van der Waals surface area contributed by atoms with Gasteiger partial charge in [-0.15, -0.1) is 11.3 Å². The first kappa shape index (κ1) is 14.1. The molecule has 1 heterocycles. The zero-order valence-corrected chi connectivity index (χ0v) is 13.2. The van der Waals surface area contributed by atoms with Gasteiger partial charge in [-0.05, 0) is 46.5 Å². The van der Waals surface area contributed by atoms with Gasteiger partial charge in [-0.25, -0.2) is 0 Å². The maximum atomic E-state index is 6.39. The van der Waals surface area contributed by atoms with Crippen LogP contribution in [0.3, 0.4) is 0 Å². The number of rotatable bonds is 4. The molecule has 0 radical (unpaired) electrons. The SMILES string of the molecule is CN(C)c1ccc(C(N)Cc2csc3ccccc23)cc1. The molecule has 0 fully saturated rings. The van der Waals surface area contributed by atoms with Crippen LogP contribution in [0.4, 0.5) is 5.69 Å². The van der Waals surface area contributed by atoms with Crippen LogP contribution in [0.2, 0.25) is 0 Å². The van der Waals surface area contributed by atoms with Crippen molar-refractivity contribution in [1.82, 2.24) is 0 Å². The summed E-state index contributed by atoms with van der Waals surface area (Å²) in [5.41, 5.74) is 10.1. The van der Waals surface area contributed by atoms with Gasteiger partial charge >= 0.3 is 0 Å². The number of anilines is 1. The van der Waals surface area contributed by atoms with Crippen molar-refractivity contribution in [2.75, 3.05) is 19.0 Å². The summed E-state index contributed by atoms with van der Waals surface area (Å²) in [6.45, 7) is 0. The molecule has 0 amide bonds. The fraction of sp³-hybridized carbons (Fsp3) is 0.222. The van der Waals surface area contributed by atoms with Crippen molar-refractivity contribution >= 4 is 27.1 Å². The van der Waals surface area contributed by atoms with E-state index in [0.29, 0.717) is 0 Å². The lowest BCUT2D eigenvalue weighted by molar-refractivity contribution is 0.727. The van der Waals surface area contributed by atoms with Crippen molar-refractivity contribution in [1.29, 1.82) is 0 Å². The number of hydrogen-bond donors (Lipinski definition) is 1. The minimum Gasteiger partial charge on any atom is -0.378 e. The highest BCUT2D eigenvalue weighted by molar-refractivity contribution is 7.17. The van der Waals surface area contributed by atoms with E-state index in [1.807, 2.05) is 14.1 Å². The third-order valence-corrected chi connectivity index (χ3v) is 4.85. The van der Waals surface area contributed by atoms with Crippen LogP contribution in [-0.2, 0) is 6.42 Å². The van der Waals surface area contributed by atoms with E-state index >= 15 is 0 Å². The molecule has 108 valence electrons. The molecule has 0 saturated carbocycles. The zero-order valence-electron chi connectivity index (χ0n) is 12.4. The Kier molecular flexibility index (Phi) is 3.95.